The Labute approximate surface area is 171 Å². The third-order valence-electron chi connectivity index (χ3n) is 7.17. The zero-order chi connectivity index (χ0) is 20.4. The summed E-state index contributed by atoms with van der Waals surface area (Å²) in [5.74, 6) is -0.123. The first kappa shape index (κ1) is 20.3. The summed E-state index contributed by atoms with van der Waals surface area (Å²) in [6.45, 7) is 3.83. The largest absolute Gasteiger partial charge is 0.206 e. The van der Waals surface area contributed by atoms with Gasteiger partial charge in [-0.05, 0) is 79.9 Å². The molecule has 0 saturated heterocycles. The maximum Gasteiger partial charge on any atom is 0.166 e. The minimum Gasteiger partial charge on any atom is -0.206 e. The molecule has 0 radical (unpaired) electrons. The van der Waals surface area contributed by atoms with Gasteiger partial charge in [-0.3, -0.25) is 0 Å². The van der Waals surface area contributed by atoms with E-state index in [1.165, 1.54) is 44.2 Å². The molecule has 1 atom stereocenters. The van der Waals surface area contributed by atoms with Crippen LogP contribution in [0.2, 0.25) is 0 Å². The number of allylic oxidation sites excluding steroid dienone is 1. The average Bonchev–Trinajstić information content (AvgIpc) is 2.75. The number of fused-ring (bicyclic) bond motifs is 1. The van der Waals surface area contributed by atoms with Crippen LogP contribution in [0.4, 0.5) is 13.2 Å². The highest BCUT2D eigenvalue weighted by Gasteiger charge is 2.31. The highest BCUT2D eigenvalue weighted by atomic mass is 19.2. The van der Waals surface area contributed by atoms with Gasteiger partial charge in [-0.15, -0.1) is 6.58 Å². The molecule has 2 aromatic rings. The van der Waals surface area contributed by atoms with E-state index in [1.54, 1.807) is 6.07 Å². The zero-order valence-corrected chi connectivity index (χ0v) is 16.9. The maximum absolute atomic E-state index is 15.2. The fourth-order valence-electron chi connectivity index (χ4n) is 5.46. The van der Waals surface area contributed by atoms with Crippen molar-refractivity contribution in [3.05, 3.63) is 71.6 Å². The smallest absolute Gasteiger partial charge is 0.166 e. The van der Waals surface area contributed by atoms with E-state index in [-0.39, 0.29) is 16.9 Å². The zero-order valence-electron chi connectivity index (χ0n) is 16.9. The highest BCUT2D eigenvalue weighted by Crippen LogP contribution is 2.42. The first-order valence-electron chi connectivity index (χ1n) is 10.9. The molecule has 0 bridgehead atoms. The molecule has 0 aliphatic heterocycles. The van der Waals surface area contributed by atoms with Gasteiger partial charge >= 0.3 is 0 Å². The molecule has 29 heavy (non-hydrogen) atoms. The van der Waals surface area contributed by atoms with Gasteiger partial charge in [-0.25, -0.2) is 13.2 Å². The Balaban J connectivity index is 1.48. The maximum atomic E-state index is 15.2. The van der Waals surface area contributed by atoms with Gasteiger partial charge in [0.2, 0.25) is 0 Å². The molecule has 2 aliphatic carbocycles. The molecule has 0 N–H and O–H groups in total. The molecule has 0 amide bonds. The predicted molar refractivity (Wildman–Crippen MR) is 112 cm³/mol. The number of rotatable bonds is 5. The topological polar surface area (TPSA) is 0 Å². The van der Waals surface area contributed by atoms with E-state index in [0.717, 1.165) is 42.7 Å². The lowest BCUT2D eigenvalue weighted by molar-refractivity contribution is 0.184. The van der Waals surface area contributed by atoms with Crippen molar-refractivity contribution < 1.29 is 13.2 Å². The minimum absolute atomic E-state index is 0.00488. The van der Waals surface area contributed by atoms with Gasteiger partial charge in [-0.1, -0.05) is 43.2 Å². The third kappa shape index (κ3) is 4.15. The van der Waals surface area contributed by atoms with E-state index >= 15 is 4.39 Å². The first-order valence-corrected chi connectivity index (χ1v) is 10.9. The second-order valence-electron chi connectivity index (χ2n) is 8.82. The molecule has 3 heteroatoms. The van der Waals surface area contributed by atoms with Gasteiger partial charge in [0.05, 0.1) is 0 Å². The summed E-state index contributed by atoms with van der Waals surface area (Å²) >= 11 is 0. The molecule has 0 aromatic heterocycles. The fraction of sp³-hybridized carbons (Fsp3) is 0.462. The van der Waals surface area contributed by atoms with Crippen molar-refractivity contribution in [3.8, 4) is 11.1 Å². The van der Waals surface area contributed by atoms with Gasteiger partial charge in [-0.2, -0.15) is 0 Å². The van der Waals surface area contributed by atoms with Crippen LogP contribution in [0.25, 0.3) is 11.1 Å². The molecular weight excluding hydrogens is 369 g/mol. The molecule has 1 unspecified atom stereocenters. The second-order valence-corrected chi connectivity index (χ2v) is 8.82. The first-order chi connectivity index (χ1) is 14.1. The van der Waals surface area contributed by atoms with Gasteiger partial charge in [0, 0.05) is 11.1 Å². The Kier molecular flexibility index (Phi) is 6.12. The summed E-state index contributed by atoms with van der Waals surface area (Å²) in [5, 5.41) is 0. The molecule has 2 aromatic carbocycles. The quantitative estimate of drug-likeness (QED) is 0.454. The van der Waals surface area contributed by atoms with Crippen LogP contribution in [-0.2, 0) is 12.8 Å². The van der Waals surface area contributed by atoms with Gasteiger partial charge in [0.1, 0.15) is 5.82 Å². The van der Waals surface area contributed by atoms with E-state index in [9.17, 15) is 8.78 Å². The summed E-state index contributed by atoms with van der Waals surface area (Å²) in [6.07, 6.45) is 12.1. The summed E-state index contributed by atoms with van der Waals surface area (Å²) in [5.41, 5.74) is 1.92. The van der Waals surface area contributed by atoms with Crippen molar-refractivity contribution in [1.29, 1.82) is 0 Å². The molecule has 0 heterocycles. The predicted octanol–water partition coefficient (Wildman–Crippen LogP) is 7.65. The standard InChI is InChI=1S/C26H29F3/c1-2-3-5-17-8-10-18(11-9-17)19-12-14-21-20(16-19)13-15-23(25(21)28)22-6-4-7-24(27)26(22)29/h2,4,6-7,13,15,17-19H,1,3,5,8-12,14,16H2. The normalized spacial score (nSPS) is 24.2. The number of hydrogen-bond donors (Lipinski definition) is 0. The van der Waals surface area contributed by atoms with E-state index in [2.05, 4.69) is 6.58 Å². The van der Waals surface area contributed by atoms with E-state index < -0.39 is 11.6 Å². The molecule has 4 rings (SSSR count). The van der Waals surface area contributed by atoms with Crippen molar-refractivity contribution in [1.82, 2.24) is 0 Å². The van der Waals surface area contributed by atoms with Crippen molar-refractivity contribution in [2.24, 2.45) is 17.8 Å². The van der Waals surface area contributed by atoms with Crippen molar-refractivity contribution in [2.75, 3.05) is 0 Å². The Hall–Kier alpha value is -2.03. The van der Waals surface area contributed by atoms with Crippen molar-refractivity contribution >= 4 is 0 Å². The Morgan fingerprint density at radius 2 is 1.62 bits per heavy atom. The van der Waals surface area contributed by atoms with Crippen LogP contribution < -0.4 is 0 Å². The molecule has 0 spiro atoms. The number of benzene rings is 2. The van der Waals surface area contributed by atoms with Gasteiger partial charge < -0.3 is 0 Å². The SMILES string of the molecule is C=CCCC1CCC(C2CCc3c(ccc(-c4cccc(F)c4F)c3F)C2)CC1. The van der Waals surface area contributed by atoms with Gasteiger partial charge in [0.25, 0.3) is 0 Å². The Morgan fingerprint density at radius 1 is 0.862 bits per heavy atom. The summed E-state index contributed by atoms with van der Waals surface area (Å²) < 4.78 is 42.9. The lowest BCUT2D eigenvalue weighted by Crippen LogP contribution is -2.27. The van der Waals surface area contributed by atoms with Crippen LogP contribution >= 0.6 is 0 Å². The molecule has 1 saturated carbocycles. The average molecular weight is 399 g/mol. The third-order valence-corrected chi connectivity index (χ3v) is 7.17. The highest BCUT2D eigenvalue weighted by molar-refractivity contribution is 5.67. The lowest BCUT2D eigenvalue weighted by Gasteiger charge is -2.36. The van der Waals surface area contributed by atoms with Crippen molar-refractivity contribution in [2.45, 2.75) is 57.8 Å². The molecular formula is C26H29F3. The van der Waals surface area contributed by atoms with Gasteiger partial charge in [0.15, 0.2) is 11.6 Å². The minimum atomic E-state index is -0.978. The monoisotopic (exact) mass is 398 g/mol. The van der Waals surface area contributed by atoms with Crippen LogP contribution in [0.5, 0.6) is 0 Å². The molecule has 2 aliphatic rings. The summed E-state index contributed by atoms with van der Waals surface area (Å²) in [6, 6.07) is 7.49. The fourth-order valence-corrected chi connectivity index (χ4v) is 5.46. The number of hydrogen-bond acceptors (Lipinski definition) is 0. The second kappa shape index (κ2) is 8.77. The van der Waals surface area contributed by atoms with E-state index in [4.69, 9.17) is 0 Å². The summed E-state index contributed by atoms with van der Waals surface area (Å²) in [4.78, 5) is 0. The van der Waals surface area contributed by atoms with Crippen LogP contribution in [0.15, 0.2) is 43.0 Å². The Morgan fingerprint density at radius 3 is 2.38 bits per heavy atom. The van der Waals surface area contributed by atoms with E-state index in [1.807, 2.05) is 12.1 Å². The van der Waals surface area contributed by atoms with Crippen LogP contribution in [0.1, 0.15) is 56.1 Å². The van der Waals surface area contributed by atoms with Crippen LogP contribution in [0.3, 0.4) is 0 Å². The Bertz CT molecular complexity index is 878. The molecule has 154 valence electrons. The van der Waals surface area contributed by atoms with E-state index in [0.29, 0.717) is 17.9 Å². The molecule has 1 fully saturated rings. The van der Waals surface area contributed by atoms with Crippen LogP contribution in [0, 0.1) is 35.2 Å². The van der Waals surface area contributed by atoms with Crippen LogP contribution in [-0.4, -0.2) is 0 Å². The number of halogens is 3. The van der Waals surface area contributed by atoms with Crippen molar-refractivity contribution in [3.63, 3.8) is 0 Å². The molecule has 0 nitrogen and oxygen atoms in total. The summed E-state index contributed by atoms with van der Waals surface area (Å²) in [7, 11) is 0. The lowest BCUT2D eigenvalue weighted by atomic mass is 9.69.